The minimum absolute atomic E-state index is 0.0110. The van der Waals surface area contributed by atoms with Gasteiger partial charge >= 0.3 is 0 Å². The number of ketones is 1. The van der Waals surface area contributed by atoms with Crippen molar-refractivity contribution in [2.45, 2.75) is 111 Å². The molecule has 2 N–H and O–H groups in total. The molecule has 214 valence electrons. The van der Waals surface area contributed by atoms with Crippen molar-refractivity contribution in [2.75, 3.05) is 20.6 Å². The maximum Gasteiger partial charge on any atom is 0.243 e. The Morgan fingerprint density at radius 1 is 1.08 bits per heavy atom. The van der Waals surface area contributed by atoms with Gasteiger partial charge < -0.3 is 15.5 Å². The molecule has 1 saturated heterocycles. The zero-order valence-electron chi connectivity index (χ0n) is 25.4. The summed E-state index contributed by atoms with van der Waals surface area (Å²) in [7, 11) is 3.85. The lowest BCUT2D eigenvalue weighted by molar-refractivity contribution is -0.146. The molecule has 7 nitrogen and oxygen atoms in total. The SMILES string of the molecule is CC[C@@H](NC(=O)[C@@H]1C[C@H](N(C)C(C)(C)CC)CN1C(=O)[C@@H](CC(=O)[C@H](C)NC)C(C)(C)C)c1ccccc1. The van der Waals surface area contributed by atoms with Gasteiger partial charge in [0.1, 0.15) is 11.8 Å². The number of benzene rings is 1. The van der Waals surface area contributed by atoms with Crippen LogP contribution >= 0.6 is 0 Å². The topological polar surface area (TPSA) is 81.8 Å². The number of rotatable bonds is 12. The second-order valence-corrected chi connectivity index (χ2v) is 12.7. The van der Waals surface area contributed by atoms with Crippen molar-refractivity contribution in [2.24, 2.45) is 11.3 Å². The molecule has 0 aromatic heterocycles. The molecule has 0 spiro atoms. The number of hydrogen-bond acceptors (Lipinski definition) is 5. The number of hydrogen-bond donors (Lipinski definition) is 2. The monoisotopic (exact) mass is 528 g/mol. The molecule has 1 aliphatic rings. The first kappa shape index (κ1) is 32.0. The molecule has 1 aromatic rings. The van der Waals surface area contributed by atoms with Crippen LogP contribution in [0.2, 0.25) is 0 Å². The van der Waals surface area contributed by atoms with E-state index < -0.39 is 17.4 Å². The summed E-state index contributed by atoms with van der Waals surface area (Å²) in [4.78, 5) is 45.1. The molecule has 1 aromatic carbocycles. The van der Waals surface area contributed by atoms with Crippen molar-refractivity contribution in [3.63, 3.8) is 0 Å². The van der Waals surface area contributed by atoms with Crippen LogP contribution in [0.3, 0.4) is 0 Å². The van der Waals surface area contributed by atoms with Crippen molar-refractivity contribution >= 4 is 17.6 Å². The second-order valence-electron chi connectivity index (χ2n) is 12.7. The van der Waals surface area contributed by atoms with Gasteiger partial charge in [0.25, 0.3) is 0 Å². The van der Waals surface area contributed by atoms with Gasteiger partial charge in [0, 0.05) is 30.5 Å². The van der Waals surface area contributed by atoms with E-state index in [2.05, 4.69) is 50.3 Å². The van der Waals surface area contributed by atoms with Gasteiger partial charge in [-0.2, -0.15) is 0 Å². The van der Waals surface area contributed by atoms with E-state index in [-0.39, 0.29) is 47.7 Å². The van der Waals surface area contributed by atoms with E-state index in [1.165, 1.54) is 0 Å². The van der Waals surface area contributed by atoms with Gasteiger partial charge in [0.15, 0.2) is 0 Å². The predicted octanol–water partition coefficient (Wildman–Crippen LogP) is 4.57. The minimum Gasteiger partial charge on any atom is -0.348 e. The summed E-state index contributed by atoms with van der Waals surface area (Å²) in [5.74, 6) is -0.730. The van der Waals surface area contributed by atoms with Crippen LogP contribution in [0.4, 0.5) is 0 Å². The highest BCUT2D eigenvalue weighted by Crippen LogP contribution is 2.36. The van der Waals surface area contributed by atoms with E-state index in [1.54, 1.807) is 11.9 Å². The van der Waals surface area contributed by atoms with E-state index in [1.807, 2.05) is 58.0 Å². The molecular weight excluding hydrogens is 476 g/mol. The molecule has 2 rings (SSSR count). The quantitative estimate of drug-likeness (QED) is 0.415. The number of Topliss-reactive ketones (excluding diaryl/α,β-unsaturated/α-hetero) is 1. The molecular formula is C31H52N4O3. The first-order valence-corrected chi connectivity index (χ1v) is 14.3. The van der Waals surface area contributed by atoms with Crippen LogP contribution < -0.4 is 10.6 Å². The number of likely N-dealkylation sites (tertiary alicyclic amines) is 1. The lowest BCUT2D eigenvalue weighted by atomic mass is 9.76. The van der Waals surface area contributed by atoms with Crippen LogP contribution in [0.5, 0.6) is 0 Å². The first-order valence-electron chi connectivity index (χ1n) is 14.3. The Bertz CT molecular complexity index is 940. The van der Waals surface area contributed by atoms with Crippen LogP contribution in [0.15, 0.2) is 30.3 Å². The van der Waals surface area contributed by atoms with E-state index in [0.717, 1.165) is 18.4 Å². The van der Waals surface area contributed by atoms with Gasteiger partial charge in [-0.15, -0.1) is 0 Å². The van der Waals surface area contributed by atoms with Gasteiger partial charge in [-0.05, 0) is 65.1 Å². The molecule has 2 amide bonds. The number of carbonyl (C=O) groups excluding carboxylic acids is 3. The van der Waals surface area contributed by atoms with Crippen molar-refractivity contribution in [1.82, 2.24) is 20.4 Å². The Morgan fingerprint density at radius 2 is 1.68 bits per heavy atom. The average Bonchev–Trinajstić information content (AvgIpc) is 3.34. The van der Waals surface area contributed by atoms with Crippen LogP contribution in [0, 0.1) is 11.3 Å². The van der Waals surface area contributed by atoms with E-state index >= 15 is 0 Å². The Labute approximate surface area is 231 Å². The van der Waals surface area contributed by atoms with Crippen LogP contribution in [-0.2, 0) is 14.4 Å². The first-order chi connectivity index (χ1) is 17.7. The molecule has 1 fully saturated rings. The molecule has 0 saturated carbocycles. The number of amides is 2. The average molecular weight is 529 g/mol. The summed E-state index contributed by atoms with van der Waals surface area (Å²) in [6, 6.07) is 8.98. The Balaban J connectivity index is 2.41. The highest BCUT2D eigenvalue weighted by molar-refractivity contribution is 5.93. The molecule has 5 atom stereocenters. The summed E-state index contributed by atoms with van der Waals surface area (Å²) in [5.41, 5.74) is 0.561. The molecule has 38 heavy (non-hydrogen) atoms. The third-order valence-electron chi connectivity index (χ3n) is 8.82. The van der Waals surface area contributed by atoms with Gasteiger partial charge in [-0.3, -0.25) is 19.3 Å². The highest BCUT2D eigenvalue weighted by atomic mass is 16.2. The largest absolute Gasteiger partial charge is 0.348 e. The molecule has 0 aliphatic carbocycles. The second kappa shape index (κ2) is 13.2. The lowest BCUT2D eigenvalue weighted by Crippen LogP contribution is -2.51. The molecule has 1 heterocycles. The molecule has 1 aliphatic heterocycles. The Kier molecular flexibility index (Phi) is 11.1. The van der Waals surface area contributed by atoms with Crippen LogP contribution in [-0.4, -0.2) is 71.7 Å². The van der Waals surface area contributed by atoms with Crippen LogP contribution in [0.1, 0.15) is 92.7 Å². The summed E-state index contributed by atoms with van der Waals surface area (Å²) < 4.78 is 0. The highest BCUT2D eigenvalue weighted by Gasteiger charge is 2.47. The molecule has 0 bridgehead atoms. The fraction of sp³-hybridized carbons (Fsp3) is 0.710. The fourth-order valence-corrected chi connectivity index (χ4v) is 5.21. The van der Waals surface area contributed by atoms with Crippen molar-refractivity contribution in [1.29, 1.82) is 0 Å². The van der Waals surface area contributed by atoms with E-state index in [9.17, 15) is 14.4 Å². The summed E-state index contributed by atoms with van der Waals surface area (Å²) in [5, 5.41) is 6.24. The van der Waals surface area contributed by atoms with Crippen LogP contribution in [0.25, 0.3) is 0 Å². The summed E-state index contributed by atoms with van der Waals surface area (Å²) in [6.45, 7) is 16.9. The Morgan fingerprint density at radius 3 is 2.18 bits per heavy atom. The van der Waals surface area contributed by atoms with E-state index in [0.29, 0.717) is 13.0 Å². The number of carbonyl (C=O) groups is 3. The zero-order chi connectivity index (χ0) is 28.8. The van der Waals surface area contributed by atoms with Crippen molar-refractivity contribution < 1.29 is 14.4 Å². The predicted molar refractivity (Wildman–Crippen MR) is 155 cm³/mol. The van der Waals surface area contributed by atoms with E-state index in [4.69, 9.17) is 0 Å². The standard InChI is InChI=1S/C31H52N4O3/c1-11-25(22-16-14-13-15-17-22)33-28(37)26-18-23(34(10)31(7,8)12-2)20-35(26)29(38)24(30(4,5)6)19-27(36)21(3)32-9/h13-17,21,23-26,32H,11-12,18-20H2,1-10H3,(H,33,37)/t21-,23-,24+,25+,26-/m0/s1. The van der Waals surface area contributed by atoms with Crippen molar-refractivity contribution in [3.8, 4) is 0 Å². The zero-order valence-corrected chi connectivity index (χ0v) is 25.4. The number of nitrogens with one attached hydrogen (secondary N) is 2. The van der Waals surface area contributed by atoms with Gasteiger partial charge in [-0.25, -0.2) is 0 Å². The normalized spacial score (nSPS) is 20.8. The molecule has 7 heteroatoms. The maximum atomic E-state index is 14.2. The third kappa shape index (κ3) is 7.66. The maximum absolute atomic E-state index is 14.2. The Hall–Kier alpha value is -2.25. The van der Waals surface area contributed by atoms with Gasteiger partial charge in [0.2, 0.25) is 11.8 Å². The third-order valence-corrected chi connectivity index (χ3v) is 8.82. The summed E-state index contributed by atoms with van der Waals surface area (Å²) in [6.07, 6.45) is 2.43. The number of nitrogens with zero attached hydrogens (tertiary/aromatic N) is 2. The minimum atomic E-state index is -0.581. The number of likely N-dealkylation sites (N-methyl/N-ethyl adjacent to an activating group) is 2. The molecule has 0 unspecified atom stereocenters. The van der Waals surface area contributed by atoms with Gasteiger partial charge in [0.05, 0.1) is 12.1 Å². The van der Waals surface area contributed by atoms with Gasteiger partial charge in [-0.1, -0.05) is 65.0 Å². The fourth-order valence-electron chi connectivity index (χ4n) is 5.21. The molecule has 0 radical (unpaired) electrons. The lowest BCUT2D eigenvalue weighted by Gasteiger charge is -2.39. The summed E-state index contributed by atoms with van der Waals surface area (Å²) >= 11 is 0. The van der Waals surface area contributed by atoms with Crippen molar-refractivity contribution in [3.05, 3.63) is 35.9 Å². The smallest absolute Gasteiger partial charge is 0.243 e.